The molecule has 0 aliphatic carbocycles. The van der Waals surface area contributed by atoms with E-state index in [1.165, 1.54) is 5.56 Å². The smallest absolute Gasteiger partial charge is 0.124 e. The molecular formula is C8H11ClN+. The number of quaternary nitrogens is 1. The van der Waals surface area contributed by atoms with Crippen molar-refractivity contribution in [2.24, 2.45) is 0 Å². The molecule has 0 bridgehead atoms. The molecule has 1 atom stereocenters. The number of benzene rings is 1. The quantitative estimate of drug-likeness (QED) is 0.624. The highest BCUT2D eigenvalue weighted by Crippen LogP contribution is 2.07. The lowest BCUT2D eigenvalue weighted by Crippen LogP contribution is -2.54. The lowest BCUT2D eigenvalue weighted by molar-refractivity contribution is -0.418. The minimum Gasteiger partial charge on any atom is -0.350 e. The van der Waals surface area contributed by atoms with Crippen molar-refractivity contribution in [1.82, 2.24) is 0 Å². The molecule has 0 aromatic heterocycles. The van der Waals surface area contributed by atoms with Gasteiger partial charge in [0.2, 0.25) is 0 Å². The molecule has 3 N–H and O–H groups in total. The summed E-state index contributed by atoms with van der Waals surface area (Å²) in [4.78, 5) is 0. The Bertz CT molecular complexity index is 186. The summed E-state index contributed by atoms with van der Waals surface area (Å²) < 4.78 is 0. The second kappa shape index (κ2) is 3.59. The molecule has 1 rings (SSSR count). The Morgan fingerprint density at radius 1 is 1.30 bits per heavy atom. The van der Waals surface area contributed by atoms with Gasteiger partial charge in [0.1, 0.15) is 6.04 Å². The van der Waals surface area contributed by atoms with E-state index in [9.17, 15) is 0 Å². The minimum absolute atomic E-state index is 0.225. The van der Waals surface area contributed by atoms with Crippen LogP contribution in [-0.2, 0) is 0 Å². The Balaban J connectivity index is 2.75. The van der Waals surface area contributed by atoms with Gasteiger partial charge < -0.3 is 5.73 Å². The molecule has 0 saturated heterocycles. The number of halogens is 1. The number of hydrogen-bond donors (Lipinski definition) is 1. The average molecular weight is 157 g/mol. The highest BCUT2D eigenvalue weighted by molar-refractivity contribution is 6.18. The summed E-state index contributed by atoms with van der Waals surface area (Å²) in [6, 6.07) is 10.3. The molecule has 2 heteroatoms. The molecule has 0 fully saturated rings. The summed E-state index contributed by atoms with van der Waals surface area (Å²) in [5, 5.41) is 0. The standard InChI is InChI=1S/C8H10ClN/c9-6-8(10)7-4-2-1-3-5-7/h1-5,8H,6,10H2/p+1. The van der Waals surface area contributed by atoms with Crippen LogP contribution in [0.15, 0.2) is 30.3 Å². The maximum atomic E-state index is 5.62. The van der Waals surface area contributed by atoms with Gasteiger partial charge in [0, 0.05) is 5.56 Å². The Hall–Kier alpha value is -0.530. The predicted molar refractivity (Wildman–Crippen MR) is 42.8 cm³/mol. The molecule has 0 aliphatic rings. The van der Waals surface area contributed by atoms with Crippen molar-refractivity contribution >= 4 is 11.6 Å². The zero-order chi connectivity index (χ0) is 7.40. The van der Waals surface area contributed by atoms with Crippen LogP contribution in [-0.4, -0.2) is 5.88 Å². The van der Waals surface area contributed by atoms with E-state index >= 15 is 0 Å². The van der Waals surface area contributed by atoms with Crippen LogP contribution in [0.1, 0.15) is 11.6 Å². The zero-order valence-electron chi connectivity index (χ0n) is 5.76. The van der Waals surface area contributed by atoms with Crippen LogP contribution in [0.4, 0.5) is 0 Å². The molecule has 54 valence electrons. The van der Waals surface area contributed by atoms with Gasteiger partial charge in [-0.25, -0.2) is 0 Å². The largest absolute Gasteiger partial charge is 0.350 e. The molecule has 1 unspecified atom stereocenters. The summed E-state index contributed by atoms with van der Waals surface area (Å²) in [7, 11) is 0. The Morgan fingerprint density at radius 3 is 2.40 bits per heavy atom. The monoisotopic (exact) mass is 156 g/mol. The van der Waals surface area contributed by atoms with Crippen molar-refractivity contribution in [3.05, 3.63) is 35.9 Å². The molecule has 0 aliphatic heterocycles. The van der Waals surface area contributed by atoms with Gasteiger partial charge in [-0.15, -0.1) is 11.6 Å². The lowest BCUT2D eigenvalue weighted by atomic mass is 10.1. The lowest BCUT2D eigenvalue weighted by Gasteiger charge is -2.02. The number of hydrogen-bond acceptors (Lipinski definition) is 0. The highest BCUT2D eigenvalue weighted by Gasteiger charge is 2.04. The third-order valence-corrected chi connectivity index (χ3v) is 1.83. The SMILES string of the molecule is [NH3+]C(CCl)c1ccccc1. The minimum atomic E-state index is 0.225. The van der Waals surface area contributed by atoms with Gasteiger partial charge in [-0.3, -0.25) is 0 Å². The first-order valence-corrected chi connectivity index (χ1v) is 3.82. The number of alkyl halides is 1. The topological polar surface area (TPSA) is 27.6 Å². The molecule has 1 aromatic carbocycles. The molecule has 0 radical (unpaired) electrons. The Morgan fingerprint density at radius 2 is 1.90 bits per heavy atom. The third-order valence-electron chi connectivity index (χ3n) is 1.46. The maximum absolute atomic E-state index is 5.62. The van der Waals surface area contributed by atoms with Crippen LogP contribution in [0.2, 0.25) is 0 Å². The maximum Gasteiger partial charge on any atom is 0.124 e. The molecule has 10 heavy (non-hydrogen) atoms. The van der Waals surface area contributed by atoms with Crippen LogP contribution >= 0.6 is 11.6 Å². The van der Waals surface area contributed by atoms with Gasteiger partial charge >= 0.3 is 0 Å². The fourth-order valence-electron chi connectivity index (χ4n) is 0.814. The molecule has 0 spiro atoms. The van der Waals surface area contributed by atoms with E-state index in [4.69, 9.17) is 11.6 Å². The number of rotatable bonds is 2. The predicted octanol–water partition coefficient (Wildman–Crippen LogP) is 1.21. The van der Waals surface area contributed by atoms with Gasteiger partial charge in [0.25, 0.3) is 0 Å². The fraction of sp³-hybridized carbons (Fsp3) is 0.250. The van der Waals surface area contributed by atoms with Crippen molar-refractivity contribution in [2.45, 2.75) is 6.04 Å². The van der Waals surface area contributed by atoms with Gasteiger partial charge in [0.05, 0.1) is 5.88 Å². The Kier molecular flexibility index (Phi) is 2.72. The fourth-order valence-corrected chi connectivity index (χ4v) is 0.992. The van der Waals surface area contributed by atoms with Crippen molar-refractivity contribution in [3.63, 3.8) is 0 Å². The third kappa shape index (κ3) is 1.72. The first-order chi connectivity index (χ1) is 4.84. The van der Waals surface area contributed by atoms with E-state index in [-0.39, 0.29) is 6.04 Å². The summed E-state index contributed by atoms with van der Waals surface area (Å²) in [5.74, 6) is 0.587. The second-order valence-corrected chi connectivity index (χ2v) is 2.57. The van der Waals surface area contributed by atoms with E-state index in [0.29, 0.717) is 5.88 Å². The summed E-state index contributed by atoms with van der Waals surface area (Å²) in [6.07, 6.45) is 0. The molecule has 0 heterocycles. The molecule has 0 amide bonds. The van der Waals surface area contributed by atoms with E-state index < -0.39 is 0 Å². The van der Waals surface area contributed by atoms with Crippen molar-refractivity contribution < 1.29 is 5.73 Å². The van der Waals surface area contributed by atoms with Crippen molar-refractivity contribution in [2.75, 3.05) is 5.88 Å². The summed E-state index contributed by atoms with van der Waals surface area (Å²) in [6.45, 7) is 0. The highest BCUT2D eigenvalue weighted by atomic mass is 35.5. The normalized spacial score (nSPS) is 13.0. The first-order valence-electron chi connectivity index (χ1n) is 3.28. The van der Waals surface area contributed by atoms with Crippen molar-refractivity contribution in [3.8, 4) is 0 Å². The average Bonchev–Trinajstić information content (AvgIpc) is 2.05. The van der Waals surface area contributed by atoms with Gasteiger partial charge in [0.15, 0.2) is 0 Å². The van der Waals surface area contributed by atoms with Crippen LogP contribution < -0.4 is 5.73 Å². The molecular weight excluding hydrogens is 146 g/mol. The van der Waals surface area contributed by atoms with Crippen LogP contribution in [0.5, 0.6) is 0 Å². The molecule has 1 aromatic rings. The first kappa shape index (κ1) is 7.58. The van der Waals surface area contributed by atoms with Crippen molar-refractivity contribution in [1.29, 1.82) is 0 Å². The van der Waals surface area contributed by atoms with E-state index in [1.807, 2.05) is 30.3 Å². The van der Waals surface area contributed by atoms with E-state index in [0.717, 1.165) is 0 Å². The Labute approximate surface area is 65.8 Å². The zero-order valence-corrected chi connectivity index (χ0v) is 6.51. The van der Waals surface area contributed by atoms with Gasteiger partial charge in [-0.2, -0.15) is 0 Å². The summed E-state index contributed by atoms with van der Waals surface area (Å²) >= 11 is 5.62. The van der Waals surface area contributed by atoms with Crippen LogP contribution in [0.25, 0.3) is 0 Å². The second-order valence-electron chi connectivity index (χ2n) is 2.26. The van der Waals surface area contributed by atoms with Crippen LogP contribution in [0.3, 0.4) is 0 Å². The van der Waals surface area contributed by atoms with Gasteiger partial charge in [-0.05, 0) is 0 Å². The molecule has 1 nitrogen and oxygen atoms in total. The summed E-state index contributed by atoms with van der Waals surface area (Å²) in [5.41, 5.74) is 5.10. The molecule has 0 saturated carbocycles. The van der Waals surface area contributed by atoms with Gasteiger partial charge in [-0.1, -0.05) is 30.3 Å². The van der Waals surface area contributed by atoms with E-state index in [2.05, 4.69) is 5.73 Å². The van der Waals surface area contributed by atoms with E-state index in [1.54, 1.807) is 0 Å². The van der Waals surface area contributed by atoms with Crippen LogP contribution in [0, 0.1) is 0 Å².